The summed E-state index contributed by atoms with van der Waals surface area (Å²) < 4.78 is 63.0. The van der Waals surface area contributed by atoms with Gasteiger partial charge in [0.2, 0.25) is 10.0 Å². The van der Waals surface area contributed by atoms with Gasteiger partial charge in [-0.1, -0.05) is 321 Å². The molecule has 1 unspecified atom stereocenters. The van der Waals surface area contributed by atoms with Crippen molar-refractivity contribution in [3.05, 3.63) is 356 Å². The van der Waals surface area contributed by atoms with Crippen molar-refractivity contribution in [2.24, 2.45) is 10.7 Å². The number of nitro groups is 3. The zero-order valence-corrected chi connectivity index (χ0v) is 94.8. The molecule has 0 saturated heterocycles. The molecule has 13 rings (SSSR count). The van der Waals surface area contributed by atoms with Gasteiger partial charge in [-0.25, -0.2) is 13.4 Å². The first kappa shape index (κ1) is 146. The van der Waals surface area contributed by atoms with E-state index in [0.717, 1.165) is 46.0 Å². The molecule has 32 heteroatoms. The van der Waals surface area contributed by atoms with Crippen molar-refractivity contribution in [1.82, 2.24) is 29.6 Å². The number of hydrogen-bond donors (Lipinski definition) is 3. The van der Waals surface area contributed by atoms with Crippen LogP contribution in [0.5, 0.6) is 0 Å². The zero-order chi connectivity index (χ0) is 108. The minimum absolute atomic E-state index is 0. The number of methoxy groups -OCH3 is 7. The topological polar surface area (TPSA) is 370 Å². The SMILES string of the molecule is C.CC.CC.CC.CC.CC.CC.CC.CC.COC(C)CN.COC(CN(Cc1ccc(C)cc1)S(=O)(=O)c1ccc(C)cc1)OC.COC(CN=Cc1ccc(C)cc1)OC.COC(CNCc1ccc(C)cc1)OC.Cc1ccc(C=O)cc1.Cc1ccc2c(=O)[nH]ccc2c1[N+](=O)[O-].Cc1ccc2c(Cl)nccc2c1[N+](=O)[O-].Cc1ccc2cnccc2c1.Cc1ccc2cnccc2c1[N+](=O)[O-].[B].[H-].[Na+]. The number of hydrogen-bond acceptors (Lipinski definition) is 23. The summed E-state index contributed by atoms with van der Waals surface area (Å²) >= 11 is 5.85. The minimum atomic E-state index is -3.67. The third kappa shape index (κ3) is 55.8. The van der Waals surface area contributed by atoms with Crippen molar-refractivity contribution in [1.29, 1.82) is 0 Å². The Morgan fingerprint density at radius 1 is 0.465 bits per heavy atom. The Morgan fingerprint density at radius 2 is 0.847 bits per heavy atom. The number of rotatable bonds is 25. The molecule has 4 N–H and O–H groups in total. The molecule has 787 valence electrons. The summed E-state index contributed by atoms with van der Waals surface area (Å²) in [6, 6.07) is 62.1. The number of pyridine rings is 4. The molecule has 13 aromatic rings. The molecule has 0 saturated carbocycles. The maximum absolute atomic E-state index is 13.1. The largest absolute Gasteiger partial charge is 1.00 e. The van der Waals surface area contributed by atoms with Crippen LogP contribution in [0.25, 0.3) is 43.1 Å². The van der Waals surface area contributed by atoms with Crippen molar-refractivity contribution >= 4 is 103 Å². The number of aromatic amines is 1. The smallest absolute Gasteiger partial charge is 1.00 e. The zero-order valence-electron chi connectivity index (χ0n) is 92.2. The molecular weight excluding hydrogens is 1870 g/mol. The second-order valence-corrected chi connectivity index (χ2v) is 30.7. The number of halogens is 1. The molecule has 0 bridgehead atoms. The normalized spacial score (nSPS) is 9.91. The van der Waals surface area contributed by atoms with Gasteiger partial charge < -0.3 is 50.6 Å². The van der Waals surface area contributed by atoms with Gasteiger partial charge in [0.15, 0.2) is 18.9 Å². The van der Waals surface area contributed by atoms with Crippen molar-refractivity contribution in [3.63, 3.8) is 0 Å². The van der Waals surface area contributed by atoms with Gasteiger partial charge in [-0.3, -0.25) is 54.9 Å². The fourth-order valence-corrected chi connectivity index (χ4v) is 13.1. The maximum atomic E-state index is 13.1. The summed E-state index contributed by atoms with van der Waals surface area (Å²) in [5.41, 5.74) is 18.1. The fourth-order valence-electron chi connectivity index (χ4n) is 11.5. The summed E-state index contributed by atoms with van der Waals surface area (Å²) in [6.07, 6.45) is 11.6. The Bertz CT molecular complexity index is 5760. The number of nitrogens with zero attached hydrogens (tertiary/aromatic N) is 8. The van der Waals surface area contributed by atoms with Crippen LogP contribution in [0, 0.1) is 92.7 Å². The van der Waals surface area contributed by atoms with Crippen LogP contribution in [-0.4, -0.2) is 169 Å². The molecule has 0 aliphatic carbocycles. The van der Waals surface area contributed by atoms with Gasteiger partial charge in [0.25, 0.3) is 22.6 Å². The van der Waals surface area contributed by atoms with E-state index in [-0.39, 0.29) is 116 Å². The fraction of sp³-hybridized carbons (Fsp3) is 0.393. The van der Waals surface area contributed by atoms with E-state index in [4.69, 9.17) is 50.5 Å². The van der Waals surface area contributed by atoms with Gasteiger partial charge in [-0.05, 0) is 134 Å². The number of nitrogens with one attached hydrogen (secondary N) is 2. The third-order valence-electron chi connectivity index (χ3n) is 18.9. The van der Waals surface area contributed by atoms with E-state index in [1.54, 1.807) is 142 Å². The number of aromatic nitrogens is 4. The molecule has 1 atom stereocenters. The summed E-state index contributed by atoms with van der Waals surface area (Å²) in [5, 5.41) is 41.9. The Kier molecular flexibility index (Phi) is 89.5. The van der Waals surface area contributed by atoms with Crippen LogP contribution >= 0.6 is 11.6 Å². The van der Waals surface area contributed by atoms with Crippen LogP contribution in [0.2, 0.25) is 5.15 Å². The Hall–Kier alpha value is -11.1. The monoisotopic (exact) mass is 2040 g/mol. The first-order chi connectivity index (χ1) is 67.8. The van der Waals surface area contributed by atoms with Gasteiger partial charge in [-0.15, -0.1) is 0 Å². The third-order valence-corrected chi connectivity index (χ3v) is 21.0. The van der Waals surface area contributed by atoms with E-state index >= 15 is 0 Å². The number of fused-ring (bicyclic) bond motifs is 4. The number of carbonyl (C=O) groups excluding carboxylic acids is 1. The average molecular weight is 2040 g/mol. The number of nitro benzene ring substituents is 3. The van der Waals surface area contributed by atoms with Gasteiger partial charge in [0.1, 0.15) is 11.4 Å². The molecule has 0 aliphatic heterocycles. The van der Waals surface area contributed by atoms with Crippen LogP contribution in [0.1, 0.15) is 204 Å². The van der Waals surface area contributed by atoms with Gasteiger partial charge in [0, 0.05) is 166 Å². The van der Waals surface area contributed by atoms with E-state index in [2.05, 4.69) is 106 Å². The number of aryl methyl sites for hydroxylation is 9. The molecule has 0 fully saturated rings. The Balaban J connectivity index is -0.000000241. The van der Waals surface area contributed by atoms with Crippen molar-refractivity contribution < 1.29 is 92.1 Å². The molecule has 0 spiro atoms. The Morgan fingerprint density at radius 3 is 1.28 bits per heavy atom. The second-order valence-electron chi connectivity index (χ2n) is 28.4. The summed E-state index contributed by atoms with van der Waals surface area (Å²) in [5.74, 6) is 0. The molecule has 4 aromatic heterocycles. The molecule has 9 aromatic carbocycles. The standard InChI is InChI=1S/C19H25NO4S.C12H19NO2.C12H17NO2.C10H7ClN2O2.C10H8N2O3.C10H8N2O2.C10H9N.C8H8O.C4H11NO.8C2H6.CH4.B.Na.H/c1-15-5-9-17(10-6-15)13-20(14-19(23-3)24-4)25(21,22)18-11-7-16(2)8-12-18;2*1-10-4-6-11(7-5-10)8-13-9-12(14-2)15-3;1-6-2-3-8-7(9(6)13(14)15)4-5-12-10(8)11;1-6-2-3-8-7(9(6)12(14)15)4-5-11-10(8)13;1-7-2-3-8-6-11-5-4-9(8)10(7)12(13)14;1-8-2-3-10-7-11-5-4-9(10)6-8;1-7-2-4-8(6-9)5-3-7;1-4(3-5)6-2;8*1-2;;;;/h5-12,19H,13-14H2,1-4H3;4-7,12-13H,8-9H2,1-3H3;4-8,12H,9H2,1-3H3;2-5H,1H3;2-5H,1H3,(H,11,13);2-6H,1H3;2-7H,1H3;2-6H,1H3;4H,3,5H2,1-2H3;8*1-2H3;1H4;;;/q;;;;;;;;;;;;;;;;;;;+1;-1. The van der Waals surface area contributed by atoms with Crippen LogP contribution in [0.4, 0.5) is 17.1 Å². The van der Waals surface area contributed by atoms with E-state index in [0.29, 0.717) is 63.3 Å². The first-order valence-electron chi connectivity index (χ1n) is 47.4. The van der Waals surface area contributed by atoms with E-state index in [1.165, 1.54) is 69.5 Å². The summed E-state index contributed by atoms with van der Waals surface area (Å²) in [4.78, 5) is 71.7. The average Bonchev–Trinajstić information content (AvgIpc) is 0.793. The van der Waals surface area contributed by atoms with Crippen molar-refractivity contribution in [3.8, 4) is 0 Å². The van der Waals surface area contributed by atoms with E-state index in [9.17, 15) is 48.3 Å². The number of H-pyrrole nitrogens is 1. The maximum Gasteiger partial charge on any atom is 1.00 e. The van der Waals surface area contributed by atoms with Gasteiger partial charge >= 0.3 is 29.6 Å². The van der Waals surface area contributed by atoms with Crippen molar-refractivity contribution in [2.75, 3.05) is 75.9 Å². The van der Waals surface area contributed by atoms with Crippen LogP contribution in [-0.2, 0) is 56.3 Å². The molecule has 0 aliphatic rings. The summed E-state index contributed by atoms with van der Waals surface area (Å²) in [6.45, 7) is 54.2. The molecular formula is C112H165BClN11NaO17S. The second kappa shape index (κ2) is 88.4. The number of sulfonamides is 1. The summed E-state index contributed by atoms with van der Waals surface area (Å²) in [7, 11) is 7.47. The molecule has 28 nitrogen and oxygen atoms in total. The number of ether oxygens (including phenoxy) is 7. The molecule has 0 amide bonds. The van der Waals surface area contributed by atoms with Crippen molar-refractivity contribution in [2.45, 2.75) is 230 Å². The van der Waals surface area contributed by atoms with E-state index < -0.39 is 26.2 Å². The number of benzene rings is 9. The minimum Gasteiger partial charge on any atom is -1.00 e. The predicted octanol–water partition coefficient (Wildman–Crippen LogP) is 24.1. The quantitative estimate of drug-likeness (QED) is 0.00910. The van der Waals surface area contributed by atoms with E-state index in [1.807, 2.05) is 230 Å². The number of carbonyl (C=O) groups is 1. The predicted molar refractivity (Wildman–Crippen MR) is 600 cm³/mol. The number of nitrogens with two attached hydrogens (primary N) is 1. The van der Waals surface area contributed by atoms with Gasteiger partial charge in [0.05, 0.1) is 60.4 Å². The Labute approximate surface area is 890 Å². The van der Waals surface area contributed by atoms with Crippen LogP contribution < -0.4 is 46.2 Å². The van der Waals surface area contributed by atoms with Crippen LogP contribution in [0.15, 0.2) is 252 Å². The number of aliphatic imine (C=N–C) groups is 1. The molecule has 3 radical (unpaired) electrons. The van der Waals surface area contributed by atoms with Crippen LogP contribution in [0.3, 0.4) is 0 Å². The van der Waals surface area contributed by atoms with Gasteiger partial charge in [-0.2, -0.15) is 4.31 Å². The number of aldehydes is 1. The first-order valence-corrected chi connectivity index (χ1v) is 49.2. The molecule has 4 heterocycles. The molecule has 144 heavy (non-hydrogen) atoms.